The highest BCUT2D eigenvalue weighted by Crippen LogP contribution is 2.37. The summed E-state index contributed by atoms with van der Waals surface area (Å²) in [5.74, 6) is 1.65. The highest BCUT2D eigenvalue weighted by atomic mass is 32.1. The normalized spacial score (nSPS) is 10.4. The van der Waals surface area contributed by atoms with E-state index in [1.54, 1.807) is 39.7 Å². The Morgan fingerprint density at radius 3 is 2.28 bits per heavy atom. The van der Waals surface area contributed by atoms with E-state index in [2.05, 4.69) is 15.8 Å². The number of rotatable bonds is 6. The summed E-state index contributed by atoms with van der Waals surface area (Å²) in [6.45, 7) is 2.02. The van der Waals surface area contributed by atoms with Crippen LogP contribution in [0.25, 0.3) is 0 Å². The average Bonchev–Trinajstić information content (AvgIpc) is 2.60. The van der Waals surface area contributed by atoms with E-state index in [1.165, 1.54) is 0 Å². The fourth-order valence-electron chi connectivity index (χ4n) is 2.22. The third kappa shape index (κ3) is 5.09. The maximum Gasteiger partial charge on any atom is 0.203 e. The number of hydrazone groups is 1. The molecule has 0 radical (unpaired) electrons. The Balaban J connectivity index is 2.05. The number of nitrogens with one attached hydrogen (secondary N) is 2. The Hall–Kier alpha value is -2.80. The van der Waals surface area contributed by atoms with Gasteiger partial charge >= 0.3 is 0 Å². The first-order valence-corrected chi connectivity index (χ1v) is 7.95. The van der Waals surface area contributed by atoms with E-state index in [9.17, 15) is 0 Å². The van der Waals surface area contributed by atoms with Gasteiger partial charge in [-0.3, -0.25) is 5.43 Å². The molecule has 2 aromatic rings. The van der Waals surface area contributed by atoms with Gasteiger partial charge in [0.2, 0.25) is 5.75 Å². The van der Waals surface area contributed by atoms with Gasteiger partial charge in [-0.1, -0.05) is 12.1 Å². The van der Waals surface area contributed by atoms with E-state index in [0.29, 0.717) is 22.4 Å². The molecule has 7 heteroatoms. The molecular formula is C18H21N3O3S. The number of aryl methyl sites for hydroxylation is 1. The first-order chi connectivity index (χ1) is 12.1. The first kappa shape index (κ1) is 18.5. The molecule has 0 aliphatic heterocycles. The molecule has 6 nitrogen and oxygen atoms in total. The minimum absolute atomic E-state index is 0.397. The van der Waals surface area contributed by atoms with Gasteiger partial charge in [-0.25, -0.2) is 0 Å². The lowest BCUT2D eigenvalue weighted by Crippen LogP contribution is -2.23. The molecule has 0 aliphatic carbocycles. The number of hydrogen-bond donors (Lipinski definition) is 2. The highest BCUT2D eigenvalue weighted by Gasteiger charge is 2.12. The lowest BCUT2D eigenvalue weighted by molar-refractivity contribution is 0.324. The van der Waals surface area contributed by atoms with Crippen molar-refractivity contribution in [3.63, 3.8) is 0 Å². The quantitative estimate of drug-likeness (QED) is 0.469. The largest absolute Gasteiger partial charge is 0.493 e. The van der Waals surface area contributed by atoms with Crippen molar-refractivity contribution in [1.82, 2.24) is 5.43 Å². The third-order valence-corrected chi connectivity index (χ3v) is 3.54. The number of benzene rings is 2. The fraction of sp³-hybridized carbons (Fsp3) is 0.222. The number of ether oxygens (including phenoxy) is 3. The summed E-state index contributed by atoms with van der Waals surface area (Å²) >= 11 is 5.23. The van der Waals surface area contributed by atoms with Crippen LogP contribution in [0, 0.1) is 6.92 Å². The molecule has 132 valence electrons. The molecule has 0 heterocycles. The average molecular weight is 359 g/mol. The zero-order valence-corrected chi connectivity index (χ0v) is 15.4. The van der Waals surface area contributed by atoms with Crippen LogP contribution in [0.4, 0.5) is 5.69 Å². The van der Waals surface area contributed by atoms with Crippen LogP contribution in [0.2, 0.25) is 0 Å². The van der Waals surface area contributed by atoms with Crippen LogP contribution in [0.1, 0.15) is 11.1 Å². The smallest absolute Gasteiger partial charge is 0.203 e. The Kier molecular flexibility index (Phi) is 6.59. The monoisotopic (exact) mass is 359 g/mol. The molecule has 0 bridgehead atoms. The minimum atomic E-state index is 0.397. The van der Waals surface area contributed by atoms with Crippen LogP contribution in [0.3, 0.4) is 0 Å². The Morgan fingerprint density at radius 2 is 1.72 bits per heavy atom. The lowest BCUT2D eigenvalue weighted by atomic mass is 10.2. The Morgan fingerprint density at radius 1 is 1.04 bits per heavy atom. The predicted molar refractivity (Wildman–Crippen MR) is 104 cm³/mol. The van der Waals surface area contributed by atoms with E-state index in [4.69, 9.17) is 26.4 Å². The molecule has 2 rings (SSSR count). The topological polar surface area (TPSA) is 64.1 Å². The van der Waals surface area contributed by atoms with Crippen molar-refractivity contribution in [2.45, 2.75) is 6.92 Å². The van der Waals surface area contributed by atoms with Crippen molar-refractivity contribution < 1.29 is 14.2 Å². The second-order valence-electron chi connectivity index (χ2n) is 5.15. The lowest BCUT2D eigenvalue weighted by Gasteiger charge is -2.12. The van der Waals surface area contributed by atoms with Gasteiger partial charge in [0.1, 0.15) is 0 Å². The van der Waals surface area contributed by atoms with Gasteiger partial charge in [-0.2, -0.15) is 5.10 Å². The van der Waals surface area contributed by atoms with Gasteiger partial charge in [0.15, 0.2) is 16.6 Å². The molecule has 0 saturated carbocycles. The van der Waals surface area contributed by atoms with Gasteiger partial charge in [-0.05, 0) is 49.0 Å². The molecule has 2 N–H and O–H groups in total. The van der Waals surface area contributed by atoms with Crippen molar-refractivity contribution in [3.8, 4) is 17.2 Å². The summed E-state index contributed by atoms with van der Waals surface area (Å²) in [6, 6.07) is 11.5. The van der Waals surface area contributed by atoms with Gasteiger partial charge in [0.25, 0.3) is 0 Å². The van der Waals surface area contributed by atoms with E-state index in [0.717, 1.165) is 16.8 Å². The molecule has 25 heavy (non-hydrogen) atoms. The molecule has 0 fully saturated rings. The summed E-state index contributed by atoms with van der Waals surface area (Å²) < 4.78 is 15.9. The molecule has 2 aromatic carbocycles. The molecule has 0 saturated heterocycles. The standard InChI is InChI=1S/C18H21N3O3S/c1-12-6-5-7-14(8-12)20-18(25)21-19-11-13-9-15(22-2)17(24-4)16(10-13)23-3/h5-11H,1-4H3,(H2,20,21,25)/b19-11-. The van der Waals surface area contributed by atoms with Crippen LogP contribution in [-0.2, 0) is 0 Å². The molecular weight excluding hydrogens is 338 g/mol. The maximum atomic E-state index is 5.31. The van der Waals surface area contributed by atoms with Crippen LogP contribution in [-0.4, -0.2) is 32.7 Å². The molecule has 0 unspecified atom stereocenters. The van der Waals surface area contributed by atoms with Gasteiger partial charge in [-0.15, -0.1) is 0 Å². The Labute approximate surface area is 152 Å². The van der Waals surface area contributed by atoms with Crippen LogP contribution in [0.15, 0.2) is 41.5 Å². The van der Waals surface area contributed by atoms with Crippen molar-refractivity contribution in [3.05, 3.63) is 47.5 Å². The molecule has 0 atom stereocenters. The fourth-order valence-corrected chi connectivity index (χ4v) is 2.39. The molecule has 0 amide bonds. The summed E-state index contributed by atoms with van der Waals surface area (Å²) in [5, 5.41) is 7.60. The molecule has 0 spiro atoms. The second-order valence-corrected chi connectivity index (χ2v) is 5.56. The molecule has 0 aliphatic rings. The van der Waals surface area contributed by atoms with Crippen LogP contribution >= 0.6 is 12.2 Å². The number of anilines is 1. The van der Waals surface area contributed by atoms with E-state index in [-0.39, 0.29) is 0 Å². The van der Waals surface area contributed by atoms with E-state index < -0.39 is 0 Å². The van der Waals surface area contributed by atoms with Crippen LogP contribution < -0.4 is 25.0 Å². The predicted octanol–water partition coefficient (Wildman–Crippen LogP) is 3.34. The van der Waals surface area contributed by atoms with Gasteiger partial charge in [0.05, 0.1) is 27.5 Å². The zero-order valence-electron chi connectivity index (χ0n) is 14.6. The van der Waals surface area contributed by atoms with Gasteiger partial charge < -0.3 is 19.5 Å². The zero-order chi connectivity index (χ0) is 18.2. The first-order valence-electron chi connectivity index (χ1n) is 7.54. The summed E-state index contributed by atoms with van der Waals surface area (Å²) in [5.41, 5.74) is 5.61. The number of thiocarbonyl (C=S) groups is 1. The SMILES string of the molecule is COc1cc(/C=N\NC(=S)Nc2cccc(C)c2)cc(OC)c1OC. The summed E-state index contributed by atoms with van der Waals surface area (Å²) in [6.07, 6.45) is 1.62. The van der Waals surface area contributed by atoms with E-state index >= 15 is 0 Å². The van der Waals surface area contributed by atoms with Gasteiger partial charge in [0, 0.05) is 11.3 Å². The van der Waals surface area contributed by atoms with Crippen molar-refractivity contribution in [1.29, 1.82) is 0 Å². The maximum absolute atomic E-state index is 5.31. The number of methoxy groups -OCH3 is 3. The summed E-state index contributed by atoms with van der Waals surface area (Å²) in [4.78, 5) is 0. The minimum Gasteiger partial charge on any atom is -0.493 e. The van der Waals surface area contributed by atoms with Crippen molar-refractivity contribution >= 4 is 29.2 Å². The highest BCUT2D eigenvalue weighted by molar-refractivity contribution is 7.80. The van der Waals surface area contributed by atoms with Crippen LogP contribution in [0.5, 0.6) is 17.2 Å². The van der Waals surface area contributed by atoms with E-state index in [1.807, 2.05) is 31.2 Å². The van der Waals surface area contributed by atoms with Crippen molar-refractivity contribution in [2.24, 2.45) is 5.10 Å². The second kappa shape index (κ2) is 8.89. The number of nitrogens with zero attached hydrogens (tertiary/aromatic N) is 1. The third-order valence-electron chi connectivity index (χ3n) is 3.34. The Bertz CT molecular complexity index is 753. The molecule has 0 aromatic heterocycles. The van der Waals surface area contributed by atoms with Crippen molar-refractivity contribution in [2.75, 3.05) is 26.6 Å². The number of hydrogen-bond acceptors (Lipinski definition) is 5. The summed E-state index contributed by atoms with van der Waals surface area (Å²) in [7, 11) is 4.69.